The Kier molecular flexibility index (Phi) is 3.91. The van der Waals surface area contributed by atoms with Gasteiger partial charge in [-0.1, -0.05) is 32.0 Å². The number of rotatable bonds is 4. The summed E-state index contributed by atoms with van der Waals surface area (Å²) in [5, 5.41) is 10.1. The van der Waals surface area contributed by atoms with Crippen LogP contribution in [0.25, 0.3) is 10.7 Å². The SMILES string of the molecule is CC12CCC(C/C1=N\NC(=O)Cn1c(-c3cccs3)noc1=O)C2(C)C. The van der Waals surface area contributed by atoms with E-state index < -0.39 is 5.76 Å². The lowest BCUT2D eigenvalue weighted by Crippen LogP contribution is -2.35. The highest BCUT2D eigenvalue weighted by Gasteiger charge is 2.60. The van der Waals surface area contributed by atoms with E-state index in [1.807, 2.05) is 17.5 Å². The molecule has 0 saturated heterocycles. The number of fused-ring (bicyclic) bond motifs is 2. The molecule has 1 N–H and O–H groups in total. The zero-order valence-corrected chi connectivity index (χ0v) is 15.9. The van der Waals surface area contributed by atoms with Crippen molar-refractivity contribution in [1.82, 2.24) is 15.1 Å². The van der Waals surface area contributed by atoms with E-state index in [-0.39, 0.29) is 23.3 Å². The highest BCUT2D eigenvalue weighted by molar-refractivity contribution is 7.13. The molecule has 2 aromatic heterocycles. The number of hydrazone groups is 1. The standard InChI is InChI=1S/C18H22N4O3S/c1-17(2)11-6-7-18(17,3)13(9-11)19-20-14(23)10-22-15(21-25-16(22)24)12-5-4-8-26-12/h4-5,8,11H,6-7,9-10H2,1-3H3,(H,20,23)/b19-13+. The van der Waals surface area contributed by atoms with Crippen molar-refractivity contribution in [2.45, 2.75) is 46.6 Å². The first-order valence-electron chi connectivity index (χ1n) is 8.79. The minimum absolute atomic E-state index is 0.0289. The van der Waals surface area contributed by atoms with E-state index >= 15 is 0 Å². The molecule has 2 atom stereocenters. The van der Waals surface area contributed by atoms with Gasteiger partial charge in [0.25, 0.3) is 5.91 Å². The van der Waals surface area contributed by atoms with E-state index in [2.05, 4.69) is 36.5 Å². The molecule has 2 fully saturated rings. The van der Waals surface area contributed by atoms with Gasteiger partial charge in [0.1, 0.15) is 6.54 Å². The molecule has 2 bridgehead atoms. The lowest BCUT2D eigenvalue weighted by atomic mass is 9.70. The van der Waals surface area contributed by atoms with Gasteiger partial charge in [-0.15, -0.1) is 11.3 Å². The highest BCUT2D eigenvalue weighted by atomic mass is 32.1. The van der Waals surface area contributed by atoms with Crippen LogP contribution in [-0.2, 0) is 11.3 Å². The summed E-state index contributed by atoms with van der Waals surface area (Å²) in [5.74, 6) is -0.0240. The fourth-order valence-electron chi connectivity index (χ4n) is 4.40. The summed E-state index contributed by atoms with van der Waals surface area (Å²) in [6.45, 7) is 6.65. The van der Waals surface area contributed by atoms with Gasteiger partial charge in [0.05, 0.1) is 4.88 Å². The van der Waals surface area contributed by atoms with Crippen LogP contribution in [0.4, 0.5) is 0 Å². The van der Waals surface area contributed by atoms with Crippen molar-refractivity contribution in [2.24, 2.45) is 21.8 Å². The van der Waals surface area contributed by atoms with Gasteiger partial charge in [-0.2, -0.15) is 5.10 Å². The molecule has 2 aliphatic rings. The zero-order valence-electron chi connectivity index (χ0n) is 15.1. The van der Waals surface area contributed by atoms with E-state index in [9.17, 15) is 9.59 Å². The zero-order chi connectivity index (χ0) is 18.5. The Morgan fingerprint density at radius 3 is 2.92 bits per heavy atom. The number of carbonyl (C=O) groups is 1. The molecule has 2 unspecified atom stereocenters. The quantitative estimate of drug-likeness (QED) is 0.833. The molecular formula is C18H22N4O3S. The number of hydrogen-bond donors (Lipinski definition) is 1. The third kappa shape index (κ3) is 2.46. The molecule has 0 spiro atoms. The lowest BCUT2D eigenvalue weighted by Gasteiger charge is -2.34. The number of aromatic nitrogens is 2. The Morgan fingerprint density at radius 2 is 2.31 bits per heavy atom. The summed E-state index contributed by atoms with van der Waals surface area (Å²) in [6, 6.07) is 3.68. The number of nitrogens with zero attached hydrogens (tertiary/aromatic N) is 3. The summed E-state index contributed by atoms with van der Waals surface area (Å²) in [7, 11) is 0. The molecule has 2 aliphatic carbocycles. The summed E-state index contributed by atoms with van der Waals surface area (Å²) in [4.78, 5) is 25.0. The molecule has 2 saturated carbocycles. The predicted octanol–water partition coefficient (Wildman–Crippen LogP) is 2.88. The molecular weight excluding hydrogens is 352 g/mol. The van der Waals surface area contributed by atoms with E-state index in [1.54, 1.807) is 0 Å². The van der Waals surface area contributed by atoms with Crippen LogP contribution >= 0.6 is 11.3 Å². The maximum absolute atomic E-state index is 12.4. The first kappa shape index (κ1) is 17.2. The molecule has 4 rings (SSSR count). The summed E-state index contributed by atoms with van der Waals surface area (Å²) < 4.78 is 5.96. The Bertz CT molecular complexity index is 925. The number of thiophene rings is 1. The topological polar surface area (TPSA) is 89.5 Å². The van der Waals surface area contributed by atoms with Crippen LogP contribution in [0.2, 0.25) is 0 Å². The number of hydrogen-bond acceptors (Lipinski definition) is 6. The van der Waals surface area contributed by atoms with E-state index in [0.717, 1.165) is 23.4 Å². The fourth-order valence-corrected chi connectivity index (χ4v) is 5.11. The third-order valence-electron chi connectivity index (χ3n) is 6.56. The van der Waals surface area contributed by atoms with Crippen molar-refractivity contribution >= 4 is 23.0 Å². The maximum atomic E-state index is 12.4. The summed E-state index contributed by atoms with van der Waals surface area (Å²) in [6.07, 6.45) is 3.25. The van der Waals surface area contributed by atoms with Gasteiger partial charge in [0, 0.05) is 11.1 Å². The Morgan fingerprint density at radius 1 is 1.50 bits per heavy atom. The average Bonchev–Trinajstić information content (AvgIpc) is 3.32. The van der Waals surface area contributed by atoms with Gasteiger partial charge in [0.15, 0.2) is 5.82 Å². The van der Waals surface area contributed by atoms with E-state index in [0.29, 0.717) is 11.7 Å². The fraction of sp³-hybridized carbons (Fsp3) is 0.556. The van der Waals surface area contributed by atoms with Gasteiger partial charge in [0.2, 0.25) is 0 Å². The van der Waals surface area contributed by atoms with Crippen LogP contribution in [0, 0.1) is 16.7 Å². The predicted molar refractivity (Wildman–Crippen MR) is 98.9 cm³/mol. The van der Waals surface area contributed by atoms with Crippen molar-refractivity contribution in [3.8, 4) is 10.7 Å². The van der Waals surface area contributed by atoms with Crippen molar-refractivity contribution in [3.63, 3.8) is 0 Å². The smallest absolute Gasteiger partial charge is 0.295 e. The second kappa shape index (κ2) is 5.90. The van der Waals surface area contributed by atoms with Gasteiger partial charge in [-0.25, -0.2) is 14.8 Å². The molecule has 1 amide bonds. The van der Waals surface area contributed by atoms with E-state index in [1.165, 1.54) is 22.3 Å². The molecule has 26 heavy (non-hydrogen) atoms. The van der Waals surface area contributed by atoms with Crippen LogP contribution in [0.3, 0.4) is 0 Å². The largest absolute Gasteiger partial charge is 0.442 e. The third-order valence-corrected chi connectivity index (χ3v) is 7.42. The summed E-state index contributed by atoms with van der Waals surface area (Å²) in [5.41, 5.74) is 3.92. The van der Waals surface area contributed by atoms with Crippen LogP contribution in [0.1, 0.15) is 40.0 Å². The minimum Gasteiger partial charge on any atom is -0.295 e. The van der Waals surface area contributed by atoms with Crippen molar-refractivity contribution < 1.29 is 9.32 Å². The van der Waals surface area contributed by atoms with Gasteiger partial charge in [-0.3, -0.25) is 9.32 Å². The van der Waals surface area contributed by atoms with Crippen LogP contribution in [-0.4, -0.2) is 21.3 Å². The molecule has 0 radical (unpaired) electrons. The Balaban J connectivity index is 1.50. The first-order valence-corrected chi connectivity index (χ1v) is 9.67. The van der Waals surface area contributed by atoms with Crippen molar-refractivity contribution in [1.29, 1.82) is 0 Å². The number of nitrogens with one attached hydrogen (secondary N) is 1. The van der Waals surface area contributed by atoms with Crippen LogP contribution in [0.5, 0.6) is 0 Å². The molecule has 2 heterocycles. The van der Waals surface area contributed by atoms with Gasteiger partial charge < -0.3 is 0 Å². The Hall–Kier alpha value is -2.22. The lowest BCUT2D eigenvalue weighted by molar-refractivity contribution is -0.121. The van der Waals surface area contributed by atoms with Crippen molar-refractivity contribution in [3.05, 3.63) is 28.1 Å². The molecule has 138 valence electrons. The second-order valence-electron chi connectivity index (χ2n) is 7.92. The Labute approximate surface area is 155 Å². The molecule has 0 aliphatic heterocycles. The summed E-state index contributed by atoms with van der Waals surface area (Å²) >= 11 is 1.43. The van der Waals surface area contributed by atoms with Crippen LogP contribution < -0.4 is 11.2 Å². The first-order chi connectivity index (χ1) is 12.3. The highest BCUT2D eigenvalue weighted by Crippen LogP contribution is 2.63. The second-order valence-corrected chi connectivity index (χ2v) is 8.87. The van der Waals surface area contributed by atoms with Crippen LogP contribution in [0.15, 0.2) is 31.9 Å². The average molecular weight is 374 g/mol. The number of carbonyl (C=O) groups excluding carboxylic acids is 1. The molecule has 7 nitrogen and oxygen atoms in total. The molecule has 8 heteroatoms. The maximum Gasteiger partial charge on any atom is 0.442 e. The van der Waals surface area contributed by atoms with Gasteiger partial charge >= 0.3 is 5.76 Å². The molecule has 0 aromatic carbocycles. The normalized spacial score (nSPS) is 28.0. The van der Waals surface area contributed by atoms with E-state index in [4.69, 9.17) is 4.52 Å². The number of amides is 1. The van der Waals surface area contributed by atoms with Crippen molar-refractivity contribution in [2.75, 3.05) is 0 Å². The molecule has 2 aromatic rings. The monoisotopic (exact) mass is 374 g/mol. The van der Waals surface area contributed by atoms with Gasteiger partial charge in [-0.05, 0) is 42.0 Å². The minimum atomic E-state index is -0.649.